The van der Waals surface area contributed by atoms with Crippen molar-refractivity contribution >= 4 is 15.9 Å². The molecule has 3 aliphatic rings. The highest BCUT2D eigenvalue weighted by Gasteiger charge is 2.34. The van der Waals surface area contributed by atoms with E-state index in [0.717, 1.165) is 37.7 Å². The molecule has 0 N–H and O–H groups in total. The van der Waals surface area contributed by atoms with E-state index >= 15 is 0 Å². The smallest absolute Gasteiger partial charge is 0.243 e. The first kappa shape index (κ1) is 20.3. The molecular weight excluding hydrogens is 388 g/mol. The quantitative estimate of drug-likeness (QED) is 0.654. The van der Waals surface area contributed by atoms with Gasteiger partial charge in [-0.05, 0) is 61.8 Å². The third-order valence-corrected chi connectivity index (χ3v) is 8.12. The number of fused-ring (bicyclic) bond motifs is 1. The summed E-state index contributed by atoms with van der Waals surface area (Å²) in [6.45, 7) is 1.93. The van der Waals surface area contributed by atoms with E-state index in [-0.39, 0.29) is 19.0 Å². The molecule has 0 radical (unpaired) electrons. The number of hydrogen-bond donors (Lipinski definition) is 0. The Balaban J connectivity index is 1.37. The lowest BCUT2D eigenvalue weighted by atomic mass is 9.92. The van der Waals surface area contributed by atoms with Crippen molar-refractivity contribution in [2.75, 3.05) is 39.3 Å². The number of piperazine rings is 1. The molecule has 1 saturated carbocycles. The standard InChI is InChI=1S/C21H28N4O3S/c22-9-10-24(19-6-7-19)16-21(26)23-11-13-25(14-12-23)29(27,28)20-8-5-17-3-1-2-4-18(17)15-20/h5,8,15,19H,1-4,6-7,10-14,16H2. The number of aryl methyl sites for hydroxylation is 2. The van der Waals surface area contributed by atoms with Gasteiger partial charge in [-0.15, -0.1) is 0 Å². The Kier molecular flexibility index (Phi) is 5.91. The molecule has 29 heavy (non-hydrogen) atoms. The van der Waals surface area contributed by atoms with Crippen LogP contribution in [0.5, 0.6) is 0 Å². The molecule has 1 aromatic carbocycles. The van der Waals surface area contributed by atoms with Crippen molar-refractivity contribution in [1.29, 1.82) is 5.26 Å². The van der Waals surface area contributed by atoms with E-state index < -0.39 is 10.0 Å². The minimum atomic E-state index is -3.54. The highest BCUT2D eigenvalue weighted by atomic mass is 32.2. The van der Waals surface area contributed by atoms with E-state index in [1.165, 1.54) is 16.3 Å². The summed E-state index contributed by atoms with van der Waals surface area (Å²) in [6, 6.07) is 8.02. The Morgan fingerprint density at radius 1 is 1.10 bits per heavy atom. The molecule has 1 heterocycles. The van der Waals surface area contributed by atoms with Crippen LogP contribution in [0, 0.1) is 11.3 Å². The zero-order valence-corrected chi connectivity index (χ0v) is 17.5. The molecule has 2 fully saturated rings. The van der Waals surface area contributed by atoms with E-state index in [2.05, 4.69) is 6.07 Å². The first-order valence-electron chi connectivity index (χ1n) is 10.5. The van der Waals surface area contributed by atoms with Crippen LogP contribution in [0.4, 0.5) is 0 Å². The second-order valence-electron chi connectivity index (χ2n) is 8.22. The summed E-state index contributed by atoms with van der Waals surface area (Å²) in [4.78, 5) is 16.6. The molecule has 1 aromatic rings. The predicted octanol–water partition coefficient (Wildman–Crippen LogP) is 1.39. The number of sulfonamides is 1. The van der Waals surface area contributed by atoms with Gasteiger partial charge in [0.05, 0.1) is 24.1 Å². The third-order valence-electron chi connectivity index (χ3n) is 6.22. The van der Waals surface area contributed by atoms with E-state index in [4.69, 9.17) is 5.26 Å². The molecule has 1 aliphatic heterocycles. The van der Waals surface area contributed by atoms with Gasteiger partial charge < -0.3 is 4.90 Å². The van der Waals surface area contributed by atoms with Gasteiger partial charge in [0.15, 0.2) is 0 Å². The normalized spacial score (nSPS) is 20.3. The van der Waals surface area contributed by atoms with Gasteiger partial charge in [0.2, 0.25) is 15.9 Å². The fourth-order valence-electron chi connectivity index (χ4n) is 4.32. The van der Waals surface area contributed by atoms with Crippen molar-refractivity contribution in [2.24, 2.45) is 0 Å². The largest absolute Gasteiger partial charge is 0.339 e. The molecule has 8 heteroatoms. The number of carbonyl (C=O) groups is 1. The third kappa shape index (κ3) is 4.47. The second kappa shape index (κ2) is 8.42. The molecule has 156 valence electrons. The van der Waals surface area contributed by atoms with Crippen LogP contribution in [0.15, 0.2) is 23.1 Å². The number of hydrogen-bond acceptors (Lipinski definition) is 5. The summed E-state index contributed by atoms with van der Waals surface area (Å²) >= 11 is 0. The zero-order chi connectivity index (χ0) is 20.4. The fraction of sp³-hybridized carbons (Fsp3) is 0.619. The first-order chi connectivity index (χ1) is 14.0. The maximum absolute atomic E-state index is 13.1. The monoisotopic (exact) mass is 416 g/mol. The molecule has 7 nitrogen and oxygen atoms in total. The summed E-state index contributed by atoms with van der Waals surface area (Å²) in [7, 11) is -3.54. The van der Waals surface area contributed by atoms with E-state index in [9.17, 15) is 13.2 Å². The molecule has 1 saturated heterocycles. The number of benzene rings is 1. The maximum Gasteiger partial charge on any atom is 0.243 e. The fourth-order valence-corrected chi connectivity index (χ4v) is 5.79. The van der Waals surface area contributed by atoms with Crippen LogP contribution in [-0.4, -0.2) is 73.7 Å². The number of carbonyl (C=O) groups excluding carboxylic acids is 1. The van der Waals surface area contributed by atoms with Crippen LogP contribution in [0.3, 0.4) is 0 Å². The van der Waals surface area contributed by atoms with Crippen molar-refractivity contribution in [3.8, 4) is 6.07 Å². The minimum absolute atomic E-state index is 0.0158. The van der Waals surface area contributed by atoms with E-state index in [0.29, 0.717) is 37.1 Å². The molecule has 0 bridgehead atoms. The lowest BCUT2D eigenvalue weighted by Crippen LogP contribution is -2.52. The van der Waals surface area contributed by atoms with Gasteiger partial charge in [-0.25, -0.2) is 8.42 Å². The molecule has 0 spiro atoms. The van der Waals surface area contributed by atoms with Crippen LogP contribution in [-0.2, 0) is 27.7 Å². The lowest BCUT2D eigenvalue weighted by Gasteiger charge is -2.35. The van der Waals surface area contributed by atoms with Gasteiger partial charge >= 0.3 is 0 Å². The van der Waals surface area contributed by atoms with Crippen LogP contribution in [0.2, 0.25) is 0 Å². The Morgan fingerprint density at radius 2 is 1.79 bits per heavy atom. The number of nitrogens with zero attached hydrogens (tertiary/aromatic N) is 4. The summed E-state index contributed by atoms with van der Waals surface area (Å²) in [5.74, 6) is -0.0158. The average Bonchev–Trinajstić information content (AvgIpc) is 3.58. The predicted molar refractivity (Wildman–Crippen MR) is 109 cm³/mol. The van der Waals surface area contributed by atoms with Gasteiger partial charge in [-0.1, -0.05) is 6.07 Å². The highest BCUT2D eigenvalue weighted by molar-refractivity contribution is 7.89. The van der Waals surface area contributed by atoms with Crippen LogP contribution in [0.25, 0.3) is 0 Å². The SMILES string of the molecule is N#CCN(CC(=O)N1CCN(S(=O)(=O)c2ccc3c(c2)CCCC3)CC1)C1CC1. The van der Waals surface area contributed by atoms with Gasteiger partial charge in [0.25, 0.3) is 0 Å². The molecule has 0 atom stereocenters. The molecule has 0 aromatic heterocycles. The second-order valence-corrected chi connectivity index (χ2v) is 10.2. The van der Waals surface area contributed by atoms with Gasteiger partial charge in [0.1, 0.15) is 0 Å². The molecule has 4 rings (SSSR count). The van der Waals surface area contributed by atoms with Crippen molar-refractivity contribution in [2.45, 2.75) is 49.5 Å². The number of nitriles is 1. The van der Waals surface area contributed by atoms with E-state index in [1.54, 1.807) is 11.0 Å². The summed E-state index contributed by atoms with van der Waals surface area (Å²) in [5.41, 5.74) is 2.42. The summed E-state index contributed by atoms with van der Waals surface area (Å²) in [6.07, 6.45) is 6.34. The van der Waals surface area contributed by atoms with Crippen LogP contribution >= 0.6 is 0 Å². The first-order valence-corrected chi connectivity index (χ1v) is 11.9. The molecule has 2 aliphatic carbocycles. The average molecular weight is 417 g/mol. The maximum atomic E-state index is 13.1. The van der Waals surface area contributed by atoms with Crippen LogP contribution < -0.4 is 0 Å². The number of amides is 1. The Hall–Kier alpha value is -1.95. The van der Waals surface area contributed by atoms with E-state index in [1.807, 2.05) is 17.0 Å². The molecule has 0 unspecified atom stereocenters. The Bertz CT molecular complexity index is 912. The van der Waals surface area contributed by atoms with Crippen molar-refractivity contribution in [3.05, 3.63) is 29.3 Å². The van der Waals surface area contributed by atoms with Gasteiger partial charge in [0, 0.05) is 32.2 Å². The summed E-state index contributed by atoms with van der Waals surface area (Å²) in [5, 5.41) is 8.95. The van der Waals surface area contributed by atoms with Gasteiger partial charge in [-0.2, -0.15) is 9.57 Å². The van der Waals surface area contributed by atoms with Crippen molar-refractivity contribution in [3.63, 3.8) is 0 Å². The van der Waals surface area contributed by atoms with Crippen molar-refractivity contribution < 1.29 is 13.2 Å². The Morgan fingerprint density at radius 3 is 2.45 bits per heavy atom. The zero-order valence-electron chi connectivity index (χ0n) is 16.7. The topological polar surface area (TPSA) is 84.7 Å². The van der Waals surface area contributed by atoms with Gasteiger partial charge in [-0.3, -0.25) is 9.69 Å². The highest BCUT2D eigenvalue weighted by Crippen LogP contribution is 2.27. The number of rotatable bonds is 6. The Labute approximate surface area is 172 Å². The summed E-state index contributed by atoms with van der Waals surface area (Å²) < 4.78 is 27.7. The lowest BCUT2D eigenvalue weighted by molar-refractivity contribution is -0.133. The van der Waals surface area contributed by atoms with Crippen LogP contribution in [0.1, 0.15) is 36.8 Å². The minimum Gasteiger partial charge on any atom is -0.339 e. The molecular formula is C21H28N4O3S. The van der Waals surface area contributed by atoms with Crippen molar-refractivity contribution in [1.82, 2.24) is 14.1 Å². The molecule has 1 amide bonds.